The van der Waals surface area contributed by atoms with Crippen LogP contribution in [0.25, 0.3) is 0 Å². The number of piperazine rings is 1. The molecule has 10 heteroatoms. The van der Waals surface area contributed by atoms with Crippen molar-refractivity contribution in [3.8, 4) is 0 Å². The molecule has 44 heavy (non-hydrogen) atoms. The number of carbonyl (C=O) groups is 2. The maximum Gasteiger partial charge on any atom is 0.263 e. The molecule has 6 atom stereocenters. The summed E-state index contributed by atoms with van der Waals surface area (Å²) in [6.07, 6.45) is 1.48. The van der Waals surface area contributed by atoms with Crippen LogP contribution in [0.5, 0.6) is 0 Å². The van der Waals surface area contributed by atoms with Gasteiger partial charge in [0.25, 0.3) is 5.91 Å². The van der Waals surface area contributed by atoms with Crippen LogP contribution in [0.3, 0.4) is 0 Å². The van der Waals surface area contributed by atoms with Gasteiger partial charge in [-0.1, -0.05) is 61.3 Å². The van der Waals surface area contributed by atoms with Crippen LogP contribution in [-0.2, 0) is 15.1 Å². The molecule has 0 spiro atoms. The number of allylic oxidation sites excluding steroid dienone is 1. The van der Waals surface area contributed by atoms with Crippen LogP contribution in [0, 0.1) is 5.92 Å². The zero-order chi connectivity index (χ0) is 31.5. The van der Waals surface area contributed by atoms with E-state index in [0.29, 0.717) is 27.9 Å². The highest BCUT2D eigenvalue weighted by molar-refractivity contribution is 8.18. The predicted molar refractivity (Wildman–Crippen MR) is 180 cm³/mol. The van der Waals surface area contributed by atoms with Crippen LogP contribution >= 0.6 is 35.0 Å². The maximum atomic E-state index is 14.7. The van der Waals surface area contributed by atoms with E-state index in [2.05, 4.69) is 63.9 Å². The Morgan fingerprint density at radius 3 is 2.25 bits per heavy atom. The summed E-state index contributed by atoms with van der Waals surface area (Å²) in [4.78, 5) is 40.8. The van der Waals surface area contributed by atoms with Gasteiger partial charge in [0.2, 0.25) is 5.91 Å². The molecule has 0 bridgehead atoms. The number of benzene rings is 2. The summed E-state index contributed by atoms with van der Waals surface area (Å²) < 4.78 is 0. The molecule has 0 radical (unpaired) electrons. The molecule has 2 aromatic rings. The van der Waals surface area contributed by atoms with Gasteiger partial charge in [-0.25, -0.2) is 4.99 Å². The number of thioether (sulfide) groups is 1. The fraction of sp³-hybridized carbons (Fsp3) is 0.500. The van der Waals surface area contributed by atoms with E-state index in [9.17, 15) is 9.59 Å². The Kier molecular flexibility index (Phi) is 8.59. The maximum absolute atomic E-state index is 14.7. The second-order valence-corrected chi connectivity index (χ2v) is 15.0. The number of halogens is 2. The quantitative estimate of drug-likeness (QED) is 0.383. The fourth-order valence-electron chi connectivity index (χ4n) is 7.27. The Morgan fingerprint density at radius 1 is 0.977 bits per heavy atom. The molecule has 2 aromatic carbocycles. The van der Waals surface area contributed by atoms with E-state index < -0.39 is 11.6 Å². The molecule has 0 aromatic heterocycles. The third-order valence-electron chi connectivity index (χ3n) is 9.60. The highest BCUT2D eigenvalue weighted by Gasteiger charge is 2.54. The molecule has 0 unspecified atom stereocenters. The van der Waals surface area contributed by atoms with Gasteiger partial charge in [0.05, 0.1) is 6.04 Å². The van der Waals surface area contributed by atoms with Gasteiger partial charge >= 0.3 is 0 Å². The van der Waals surface area contributed by atoms with Crippen LogP contribution in [0.15, 0.2) is 64.1 Å². The minimum absolute atomic E-state index is 0.0302. The first-order valence-electron chi connectivity index (χ1n) is 15.6. The van der Waals surface area contributed by atoms with E-state index in [1.807, 2.05) is 46.2 Å². The molecular weight excluding hydrogens is 613 g/mol. The lowest BCUT2D eigenvalue weighted by molar-refractivity contribution is -0.145. The van der Waals surface area contributed by atoms with Crippen LogP contribution in [-0.4, -0.2) is 68.9 Å². The predicted octanol–water partition coefficient (Wildman–Crippen LogP) is 6.82. The second-order valence-electron chi connectivity index (χ2n) is 13.1. The number of amides is 2. The Bertz CT molecular complexity index is 1510. The Balaban J connectivity index is 1.40. The third kappa shape index (κ3) is 5.36. The number of likely N-dealkylation sites (tertiary alicyclic amines) is 1. The van der Waals surface area contributed by atoms with Gasteiger partial charge in [0, 0.05) is 47.0 Å². The summed E-state index contributed by atoms with van der Waals surface area (Å²) >= 11 is 14.0. The van der Waals surface area contributed by atoms with Gasteiger partial charge in [-0.3, -0.25) is 9.59 Å². The van der Waals surface area contributed by atoms with Crippen molar-refractivity contribution in [3.05, 3.63) is 80.3 Å². The number of rotatable bonds is 5. The third-order valence-corrected chi connectivity index (χ3v) is 11.2. The molecule has 6 rings (SSSR count). The SMILES string of the molecule is CC(C)C1=C(C(=O)N2[C@H](C)CC[C@H]2C(=O)N2C[C@H](C)NC[C@@H]2C)SC2=N[C@@](C)(c3ccc(Cl)cc3)[C@@H](c3ccc(Cl)cc3)N21. The van der Waals surface area contributed by atoms with E-state index in [1.54, 1.807) is 0 Å². The van der Waals surface area contributed by atoms with Crippen molar-refractivity contribution >= 4 is 51.9 Å². The van der Waals surface area contributed by atoms with Gasteiger partial charge in [-0.05, 0) is 93.6 Å². The summed E-state index contributed by atoms with van der Waals surface area (Å²) in [5, 5.41) is 5.60. The molecule has 2 amide bonds. The first-order valence-corrected chi connectivity index (χ1v) is 17.2. The van der Waals surface area contributed by atoms with E-state index in [-0.39, 0.29) is 41.9 Å². The molecule has 1 N–H and O–H groups in total. The molecule has 234 valence electrons. The van der Waals surface area contributed by atoms with E-state index >= 15 is 0 Å². The molecule has 0 saturated carbocycles. The number of carbonyl (C=O) groups excluding carboxylic acids is 2. The van der Waals surface area contributed by atoms with Crippen molar-refractivity contribution in [2.45, 2.75) is 90.1 Å². The van der Waals surface area contributed by atoms with Crippen molar-refractivity contribution in [2.75, 3.05) is 13.1 Å². The monoisotopic (exact) mass is 653 g/mol. The van der Waals surface area contributed by atoms with Crippen LogP contribution in [0.2, 0.25) is 10.0 Å². The fourth-order valence-corrected chi connectivity index (χ4v) is 8.87. The summed E-state index contributed by atoms with van der Waals surface area (Å²) in [7, 11) is 0. The van der Waals surface area contributed by atoms with Gasteiger partial charge in [-0.15, -0.1) is 0 Å². The molecule has 4 aliphatic rings. The lowest BCUT2D eigenvalue weighted by Crippen LogP contribution is -2.60. The number of nitrogens with one attached hydrogen (secondary N) is 1. The molecule has 0 aliphatic carbocycles. The smallest absolute Gasteiger partial charge is 0.263 e. The van der Waals surface area contributed by atoms with E-state index in [0.717, 1.165) is 35.0 Å². The second kappa shape index (κ2) is 12.0. The van der Waals surface area contributed by atoms with Crippen molar-refractivity contribution in [1.82, 2.24) is 20.0 Å². The highest BCUT2D eigenvalue weighted by atomic mass is 35.5. The molecular formula is C34H41Cl2N5O2S. The highest BCUT2D eigenvalue weighted by Crippen LogP contribution is 2.56. The minimum atomic E-state index is -0.635. The van der Waals surface area contributed by atoms with Crippen LogP contribution in [0.1, 0.15) is 71.6 Å². The van der Waals surface area contributed by atoms with Crippen LogP contribution < -0.4 is 5.32 Å². The summed E-state index contributed by atoms with van der Waals surface area (Å²) in [5.41, 5.74) is 2.41. The zero-order valence-corrected chi connectivity index (χ0v) is 28.5. The van der Waals surface area contributed by atoms with Gasteiger partial charge < -0.3 is 20.0 Å². The van der Waals surface area contributed by atoms with Crippen molar-refractivity contribution < 1.29 is 9.59 Å². The average molecular weight is 655 g/mol. The topological polar surface area (TPSA) is 68.2 Å². The van der Waals surface area contributed by atoms with Crippen molar-refractivity contribution in [1.29, 1.82) is 0 Å². The normalized spacial score (nSPS) is 30.3. The summed E-state index contributed by atoms with van der Waals surface area (Å²) in [5.74, 6) is 0.0288. The van der Waals surface area contributed by atoms with Gasteiger partial charge in [0.1, 0.15) is 16.5 Å². The number of hydrogen-bond acceptors (Lipinski definition) is 6. The molecule has 2 saturated heterocycles. The Morgan fingerprint density at radius 2 is 1.61 bits per heavy atom. The lowest BCUT2D eigenvalue weighted by atomic mass is 9.81. The zero-order valence-electron chi connectivity index (χ0n) is 26.2. The molecule has 4 aliphatic heterocycles. The minimum Gasteiger partial charge on any atom is -0.335 e. The largest absolute Gasteiger partial charge is 0.335 e. The Hall–Kier alpha value is -2.52. The summed E-state index contributed by atoms with van der Waals surface area (Å²) in [6.45, 7) is 14.1. The molecule has 4 heterocycles. The van der Waals surface area contributed by atoms with Crippen molar-refractivity contribution in [3.63, 3.8) is 0 Å². The van der Waals surface area contributed by atoms with Crippen LogP contribution in [0.4, 0.5) is 0 Å². The number of aliphatic imine (C=N–C) groups is 1. The Labute approximate surface area is 275 Å². The first-order chi connectivity index (χ1) is 20.9. The number of hydrogen-bond donors (Lipinski definition) is 1. The molecule has 7 nitrogen and oxygen atoms in total. The van der Waals surface area contributed by atoms with Gasteiger partial charge in [0.15, 0.2) is 5.17 Å². The number of amidine groups is 1. The van der Waals surface area contributed by atoms with Crippen molar-refractivity contribution in [2.24, 2.45) is 10.9 Å². The standard InChI is InChI=1S/C34H41Cl2N5O2S/c1-19(2)28-29(32(43)40-21(4)7-16-27(40)31(42)39-18-20(3)37-17-22(39)5)44-33-38-34(6,24-10-14-26(36)15-11-24)30(41(28)33)23-8-12-25(35)13-9-23/h8-15,19-22,27,30,37H,7,16-18H2,1-6H3/t20-,21+,22-,27-,30+,34-/m0/s1. The first kappa shape index (κ1) is 31.5. The average Bonchev–Trinajstić information content (AvgIpc) is 3.64. The summed E-state index contributed by atoms with van der Waals surface area (Å²) in [6, 6.07) is 15.4. The molecule has 2 fully saturated rings. The number of fused-ring (bicyclic) bond motifs is 1. The van der Waals surface area contributed by atoms with E-state index in [4.69, 9.17) is 28.2 Å². The van der Waals surface area contributed by atoms with Gasteiger partial charge in [-0.2, -0.15) is 0 Å². The van der Waals surface area contributed by atoms with E-state index in [1.165, 1.54) is 11.8 Å². The lowest BCUT2D eigenvalue weighted by Gasteiger charge is -2.40. The number of nitrogens with zero attached hydrogens (tertiary/aromatic N) is 4.